The van der Waals surface area contributed by atoms with Crippen molar-refractivity contribution in [2.45, 2.75) is 24.8 Å². The Morgan fingerprint density at radius 2 is 1.96 bits per heavy atom. The molecular weight excluding hydrogens is 331 g/mol. The SMILES string of the molecule is Cc1cc(NC(=O)c2cccc(S(=O)(=O)N3CC3C)c2)ccc1F. The topological polar surface area (TPSA) is 66.2 Å². The average Bonchev–Trinajstić information content (AvgIpc) is 3.29. The van der Waals surface area contributed by atoms with Crippen LogP contribution in [0.2, 0.25) is 0 Å². The Balaban J connectivity index is 1.83. The van der Waals surface area contributed by atoms with Crippen LogP contribution in [0.15, 0.2) is 47.4 Å². The van der Waals surface area contributed by atoms with E-state index >= 15 is 0 Å². The molecule has 0 radical (unpaired) electrons. The molecule has 0 aromatic heterocycles. The van der Waals surface area contributed by atoms with Gasteiger partial charge in [0.15, 0.2) is 0 Å². The van der Waals surface area contributed by atoms with Crippen molar-refractivity contribution >= 4 is 21.6 Å². The lowest BCUT2D eigenvalue weighted by Gasteiger charge is -2.09. The summed E-state index contributed by atoms with van der Waals surface area (Å²) in [4.78, 5) is 12.4. The van der Waals surface area contributed by atoms with Gasteiger partial charge in [-0.1, -0.05) is 6.07 Å². The molecule has 3 rings (SSSR count). The quantitative estimate of drug-likeness (QED) is 0.864. The van der Waals surface area contributed by atoms with E-state index in [1.54, 1.807) is 6.92 Å². The molecule has 2 unspecified atom stereocenters. The summed E-state index contributed by atoms with van der Waals surface area (Å²) in [5, 5.41) is 2.64. The van der Waals surface area contributed by atoms with E-state index in [1.807, 2.05) is 6.92 Å². The van der Waals surface area contributed by atoms with Crippen molar-refractivity contribution in [1.29, 1.82) is 0 Å². The third-order valence-corrected chi connectivity index (χ3v) is 5.90. The molecule has 1 N–H and O–H groups in total. The molecule has 126 valence electrons. The van der Waals surface area contributed by atoms with Crippen molar-refractivity contribution in [3.05, 3.63) is 59.4 Å². The third-order valence-electron chi connectivity index (χ3n) is 3.92. The van der Waals surface area contributed by atoms with Crippen molar-refractivity contribution in [3.8, 4) is 0 Å². The van der Waals surface area contributed by atoms with Gasteiger partial charge in [-0.15, -0.1) is 0 Å². The highest BCUT2D eigenvalue weighted by atomic mass is 32.2. The zero-order valence-corrected chi connectivity index (χ0v) is 14.1. The summed E-state index contributed by atoms with van der Waals surface area (Å²) in [5.41, 5.74) is 1.10. The highest BCUT2D eigenvalue weighted by Gasteiger charge is 2.41. The van der Waals surface area contributed by atoms with Crippen LogP contribution in [0.1, 0.15) is 22.8 Å². The fraction of sp³-hybridized carbons (Fsp3) is 0.235. The maximum absolute atomic E-state index is 13.3. The van der Waals surface area contributed by atoms with E-state index in [1.165, 1.54) is 46.8 Å². The first-order chi connectivity index (χ1) is 11.3. The Kier molecular flexibility index (Phi) is 4.15. The first-order valence-electron chi connectivity index (χ1n) is 7.48. The van der Waals surface area contributed by atoms with Gasteiger partial charge in [-0.2, -0.15) is 4.31 Å². The fourth-order valence-electron chi connectivity index (χ4n) is 2.41. The van der Waals surface area contributed by atoms with E-state index in [2.05, 4.69) is 5.32 Å². The molecule has 1 fully saturated rings. The summed E-state index contributed by atoms with van der Waals surface area (Å²) in [5.74, 6) is -0.800. The van der Waals surface area contributed by atoms with E-state index in [9.17, 15) is 17.6 Å². The Morgan fingerprint density at radius 1 is 1.25 bits per heavy atom. The zero-order valence-electron chi connectivity index (χ0n) is 13.3. The van der Waals surface area contributed by atoms with Crippen molar-refractivity contribution in [2.24, 2.45) is 0 Å². The number of carbonyl (C=O) groups excluding carboxylic acids is 1. The Bertz CT molecular complexity index is 912. The van der Waals surface area contributed by atoms with Crippen molar-refractivity contribution in [3.63, 3.8) is 0 Å². The second-order valence-electron chi connectivity index (χ2n) is 5.87. The largest absolute Gasteiger partial charge is 0.322 e. The fourth-order valence-corrected chi connectivity index (χ4v) is 4.09. The molecule has 2 aromatic rings. The van der Waals surface area contributed by atoms with Gasteiger partial charge in [-0.25, -0.2) is 12.8 Å². The minimum Gasteiger partial charge on any atom is -0.322 e. The van der Waals surface area contributed by atoms with E-state index in [0.29, 0.717) is 17.8 Å². The number of carbonyl (C=O) groups is 1. The zero-order chi connectivity index (χ0) is 17.5. The number of nitrogens with one attached hydrogen (secondary N) is 1. The number of halogens is 1. The lowest BCUT2D eigenvalue weighted by atomic mass is 10.2. The predicted molar refractivity (Wildman–Crippen MR) is 88.9 cm³/mol. The van der Waals surface area contributed by atoms with E-state index in [0.717, 1.165) is 0 Å². The molecule has 0 aliphatic carbocycles. The highest BCUT2D eigenvalue weighted by molar-refractivity contribution is 7.89. The van der Waals surface area contributed by atoms with Crippen LogP contribution >= 0.6 is 0 Å². The van der Waals surface area contributed by atoms with Crippen LogP contribution in [-0.4, -0.2) is 31.2 Å². The average molecular weight is 348 g/mol. The Morgan fingerprint density at radius 3 is 2.58 bits per heavy atom. The van der Waals surface area contributed by atoms with Gasteiger partial charge < -0.3 is 5.32 Å². The number of aryl methyl sites for hydroxylation is 1. The molecule has 1 aliphatic heterocycles. The summed E-state index contributed by atoms with van der Waals surface area (Å²) in [6.45, 7) is 3.92. The monoisotopic (exact) mass is 348 g/mol. The molecule has 1 amide bonds. The molecule has 2 aromatic carbocycles. The predicted octanol–water partition coefficient (Wildman–Crippen LogP) is 2.78. The van der Waals surface area contributed by atoms with Gasteiger partial charge in [0.1, 0.15) is 5.82 Å². The number of amides is 1. The molecule has 1 heterocycles. The van der Waals surface area contributed by atoms with Gasteiger partial charge in [-0.05, 0) is 55.8 Å². The van der Waals surface area contributed by atoms with Gasteiger partial charge in [0.2, 0.25) is 10.0 Å². The minimum absolute atomic E-state index is 0.00493. The second-order valence-corrected chi connectivity index (χ2v) is 7.76. The smallest absolute Gasteiger partial charge is 0.255 e. The normalized spacial score (nSPS) is 19.8. The molecule has 1 saturated heterocycles. The van der Waals surface area contributed by atoms with Gasteiger partial charge in [0.05, 0.1) is 4.90 Å². The van der Waals surface area contributed by atoms with Gasteiger partial charge in [-0.3, -0.25) is 4.79 Å². The number of hydrogen-bond acceptors (Lipinski definition) is 3. The summed E-state index contributed by atoms with van der Waals surface area (Å²) >= 11 is 0. The van der Waals surface area contributed by atoms with Crippen LogP contribution in [0, 0.1) is 12.7 Å². The number of sulfonamides is 1. The number of hydrogen-bond donors (Lipinski definition) is 1. The van der Waals surface area contributed by atoms with Crippen molar-refractivity contribution < 1.29 is 17.6 Å². The number of anilines is 1. The summed E-state index contributed by atoms with van der Waals surface area (Å²) in [7, 11) is -3.55. The van der Waals surface area contributed by atoms with Crippen LogP contribution in [-0.2, 0) is 10.0 Å². The van der Waals surface area contributed by atoms with Crippen molar-refractivity contribution in [1.82, 2.24) is 4.31 Å². The van der Waals surface area contributed by atoms with Gasteiger partial charge >= 0.3 is 0 Å². The summed E-state index contributed by atoms with van der Waals surface area (Å²) in [6.07, 6.45) is 0. The van der Waals surface area contributed by atoms with Gasteiger partial charge in [0, 0.05) is 23.8 Å². The number of rotatable bonds is 4. The molecule has 5 nitrogen and oxygen atoms in total. The molecule has 0 bridgehead atoms. The molecule has 0 saturated carbocycles. The lowest BCUT2D eigenvalue weighted by molar-refractivity contribution is 0.102. The molecule has 1 aliphatic rings. The van der Waals surface area contributed by atoms with Crippen LogP contribution in [0.4, 0.5) is 10.1 Å². The van der Waals surface area contributed by atoms with E-state index in [-0.39, 0.29) is 22.3 Å². The summed E-state index contributed by atoms with van der Waals surface area (Å²) in [6, 6.07) is 10.1. The van der Waals surface area contributed by atoms with Crippen LogP contribution in [0.5, 0.6) is 0 Å². The molecule has 0 spiro atoms. The van der Waals surface area contributed by atoms with Gasteiger partial charge in [0.25, 0.3) is 5.91 Å². The number of nitrogens with zero attached hydrogens (tertiary/aromatic N) is 1. The lowest BCUT2D eigenvalue weighted by Crippen LogP contribution is -2.16. The first kappa shape index (κ1) is 16.6. The molecule has 7 heteroatoms. The first-order valence-corrected chi connectivity index (χ1v) is 8.92. The standard InChI is InChI=1S/C17H17FN2O3S/c1-11-8-14(6-7-16(11)18)19-17(21)13-4-3-5-15(9-13)24(22,23)20-10-12(20)2/h3-9,12H,10H2,1-2H3,(H,19,21). The van der Waals surface area contributed by atoms with Crippen LogP contribution in [0.3, 0.4) is 0 Å². The van der Waals surface area contributed by atoms with Crippen LogP contribution in [0.25, 0.3) is 0 Å². The maximum Gasteiger partial charge on any atom is 0.255 e. The molecule has 24 heavy (non-hydrogen) atoms. The van der Waals surface area contributed by atoms with Crippen LogP contribution < -0.4 is 5.32 Å². The van der Waals surface area contributed by atoms with Crippen molar-refractivity contribution in [2.75, 3.05) is 11.9 Å². The van der Waals surface area contributed by atoms with E-state index < -0.39 is 15.9 Å². The summed E-state index contributed by atoms with van der Waals surface area (Å²) < 4.78 is 39.4. The minimum atomic E-state index is -3.55. The highest BCUT2D eigenvalue weighted by Crippen LogP contribution is 2.28. The Hall–Kier alpha value is -2.25. The second kappa shape index (κ2) is 5.99. The number of benzene rings is 2. The van der Waals surface area contributed by atoms with E-state index in [4.69, 9.17) is 0 Å². The third kappa shape index (κ3) is 3.18. The maximum atomic E-state index is 13.3. The Labute approximate surface area is 140 Å². The molecular formula is C17H17FN2O3S. The molecule has 2 atom stereocenters.